The van der Waals surface area contributed by atoms with Gasteiger partial charge in [-0.2, -0.15) is 5.10 Å². The van der Waals surface area contributed by atoms with Gasteiger partial charge in [-0.05, 0) is 0 Å². The first-order valence-electron chi connectivity index (χ1n) is 2.11. The molecule has 0 aliphatic rings. The highest BCUT2D eigenvalue weighted by atomic mass is 32.2. The molecule has 0 unspecified atom stereocenters. The fraction of sp³-hybridized carbons (Fsp3) is 0.333. The molecule has 2 N–H and O–H groups in total. The Balaban J connectivity index is 4.33. The van der Waals surface area contributed by atoms with Gasteiger partial charge in [0.05, 0.1) is 6.21 Å². The van der Waals surface area contributed by atoms with Gasteiger partial charge in [-0.3, -0.25) is 0 Å². The molecule has 9 heavy (non-hydrogen) atoms. The molecule has 0 amide bonds. The van der Waals surface area contributed by atoms with E-state index in [0.717, 1.165) is 0 Å². The molecule has 0 aliphatic heterocycles. The molecule has 0 radical (unpaired) electrons. The van der Waals surface area contributed by atoms with E-state index in [0.29, 0.717) is 6.21 Å². The van der Waals surface area contributed by atoms with Crippen LogP contribution in [0, 0.1) is 5.41 Å². The molecule has 0 spiro atoms. The first-order chi connectivity index (χ1) is 4.22. The smallest absolute Gasteiger partial charge is 0.189 e. The zero-order chi connectivity index (χ0) is 7.28. The highest BCUT2D eigenvalue weighted by Gasteiger charge is 1.92. The Kier molecular flexibility index (Phi) is 3.61. The second kappa shape index (κ2) is 4.02. The number of nitrogens with one attached hydrogen (secondary N) is 2. The van der Waals surface area contributed by atoms with Crippen LogP contribution in [0.25, 0.3) is 0 Å². The van der Waals surface area contributed by atoms with Crippen LogP contribution in [0.1, 0.15) is 0 Å². The second-order valence-electron chi connectivity index (χ2n) is 1.10. The first-order valence-corrected chi connectivity index (χ1v) is 3.29. The van der Waals surface area contributed by atoms with E-state index >= 15 is 0 Å². The number of nitrogens with zero attached hydrogens (tertiary/aromatic N) is 1. The predicted molar refractivity (Wildman–Crippen MR) is 35.6 cm³/mol. The van der Waals surface area contributed by atoms with E-state index in [2.05, 4.69) is 10.5 Å². The maximum atomic E-state index is 10.0. The van der Waals surface area contributed by atoms with Crippen LogP contribution in [-0.4, -0.2) is 26.7 Å². The van der Waals surface area contributed by atoms with Gasteiger partial charge < -0.3 is 10.8 Å². The van der Waals surface area contributed by atoms with Crippen molar-refractivity contribution >= 4 is 22.0 Å². The van der Waals surface area contributed by atoms with E-state index in [1.54, 1.807) is 0 Å². The van der Waals surface area contributed by atoms with Crippen LogP contribution in [0.3, 0.4) is 0 Å². The summed E-state index contributed by atoms with van der Waals surface area (Å²) < 4.78 is 20.1. The molecular formula is C3H7N3O2S. The van der Waals surface area contributed by atoms with Crippen molar-refractivity contribution < 1.29 is 8.42 Å². The lowest BCUT2D eigenvalue weighted by atomic mass is 10.8. The van der Waals surface area contributed by atoms with E-state index in [9.17, 15) is 8.42 Å². The van der Waals surface area contributed by atoms with Crippen LogP contribution < -0.4 is 5.43 Å². The van der Waals surface area contributed by atoms with Crippen molar-refractivity contribution in [1.29, 1.82) is 5.41 Å². The Morgan fingerprint density at radius 1 is 1.78 bits per heavy atom. The van der Waals surface area contributed by atoms with E-state index in [-0.39, 0.29) is 5.04 Å². The van der Waals surface area contributed by atoms with Gasteiger partial charge >= 0.3 is 0 Å². The third kappa shape index (κ3) is 2.81. The predicted octanol–water partition coefficient (Wildman–Crippen LogP) is -1.22. The van der Waals surface area contributed by atoms with Crippen LogP contribution in [-0.2, 0) is 10.7 Å². The van der Waals surface area contributed by atoms with Gasteiger partial charge in [0.25, 0.3) is 0 Å². The molecule has 0 saturated heterocycles. The van der Waals surface area contributed by atoms with Crippen molar-refractivity contribution in [2.75, 3.05) is 7.05 Å². The molecule has 0 fully saturated rings. The molecule has 0 bridgehead atoms. The monoisotopic (exact) mass is 149 g/mol. The average Bonchev–Trinajstić information content (AvgIpc) is 1.82. The summed E-state index contributed by atoms with van der Waals surface area (Å²) in [5, 5.41) is 9.51. The summed E-state index contributed by atoms with van der Waals surface area (Å²) in [7, 11) is -1.26. The molecule has 0 saturated carbocycles. The quantitative estimate of drug-likeness (QED) is 0.199. The Morgan fingerprint density at radius 3 is 2.44 bits per heavy atom. The lowest BCUT2D eigenvalue weighted by Crippen LogP contribution is -2.07. The molecule has 0 heterocycles. The van der Waals surface area contributed by atoms with Gasteiger partial charge in [0.15, 0.2) is 15.7 Å². The van der Waals surface area contributed by atoms with Gasteiger partial charge in [0.1, 0.15) is 0 Å². The van der Waals surface area contributed by atoms with Gasteiger partial charge in [0.2, 0.25) is 0 Å². The highest BCUT2D eigenvalue weighted by molar-refractivity contribution is 7.91. The molecule has 5 nitrogen and oxygen atoms in total. The van der Waals surface area contributed by atoms with Crippen molar-refractivity contribution in [3.8, 4) is 0 Å². The minimum atomic E-state index is -2.73. The third-order valence-electron chi connectivity index (χ3n) is 0.543. The van der Waals surface area contributed by atoms with Gasteiger partial charge in [0, 0.05) is 7.05 Å². The summed E-state index contributed by atoms with van der Waals surface area (Å²) in [5.74, 6) is 0. The number of hydrogen-bond donors (Lipinski definition) is 3. The van der Waals surface area contributed by atoms with Gasteiger partial charge in [-0.1, -0.05) is 0 Å². The average molecular weight is 149 g/mol. The molecule has 0 atom stereocenters. The Morgan fingerprint density at radius 2 is 2.33 bits per heavy atom. The minimum Gasteiger partial charge on any atom is -0.312 e. The van der Waals surface area contributed by atoms with Crippen molar-refractivity contribution in [3.63, 3.8) is 0 Å². The van der Waals surface area contributed by atoms with E-state index in [1.807, 2.05) is 0 Å². The largest absolute Gasteiger partial charge is 0.312 e. The topological polar surface area (TPSA) is 82.4 Å². The second-order valence-corrected chi connectivity index (χ2v) is 2.07. The Hall–Kier alpha value is -0.910. The molecule has 52 valence electrons. The maximum Gasteiger partial charge on any atom is 0.189 e. The lowest BCUT2D eigenvalue weighted by Gasteiger charge is -1.85. The van der Waals surface area contributed by atoms with Gasteiger partial charge in [-0.25, -0.2) is 8.42 Å². The lowest BCUT2D eigenvalue weighted by molar-refractivity contribution is 0.624. The van der Waals surface area contributed by atoms with Crippen LogP contribution in [0.2, 0.25) is 0 Å². The zero-order valence-electron chi connectivity index (χ0n) is 4.79. The van der Waals surface area contributed by atoms with Crippen molar-refractivity contribution in [2.24, 2.45) is 5.10 Å². The minimum absolute atomic E-state index is 0.271. The van der Waals surface area contributed by atoms with Crippen molar-refractivity contribution in [1.82, 2.24) is 5.43 Å². The third-order valence-corrected chi connectivity index (χ3v) is 1.15. The summed E-state index contributed by atoms with van der Waals surface area (Å²) in [6, 6.07) is 0. The molecule has 0 aromatic heterocycles. The molecule has 6 heteroatoms. The SMILES string of the molecule is CN/N=C(\C=N)[SH](=O)=O. The van der Waals surface area contributed by atoms with Crippen LogP contribution in [0.15, 0.2) is 5.10 Å². The van der Waals surface area contributed by atoms with E-state index < -0.39 is 10.7 Å². The fourth-order valence-corrected chi connectivity index (χ4v) is 0.527. The summed E-state index contributed by atoms with van der Waals surface area (Å²) in [6.07, 6.45) is 0.669. The number of hydrogen-bond acceptors (Lipinski definition) is 5. The van der Waals surface area contributed by atoms with E-state index in [1.165, 1.54) is 7.05 Å². The normalized spacial score (nSPS) is 11.6. The highest BCUT2D eigenvalue weighted by Crippen LogP contribution is 1.69. The summed E-state index contributed by atoms with van der Waals surface area (Å²) >= 11 is 0. The number of rotatable bonds is 2. The van der Waals surface area contributed by atoms with Gasteiger partial charge in [-0.15, -0.1) is 0 Å². The molecule has 0 aromatic rings. The first kappa shape index (κ1) is 8.09. The Bertz CT molecular complexity index is 187. The van der Waals surface area contributed by atoms with Crippen molar-refractivity contribution in [2.45, 2.75) is 0 Å². The maximum absolute atomic E-state index is 10.0. The summed E-state index contributed by atoms with van der Waals surface area (Å²) in [4.78, 5) is 0. The van der Waals surface area contributed by atoms with Crippen LogP contribution in [0.5, 0.6) is 0 Å². The molecule has 0 aromatic carbocycles. The van der Waals surface area contributed by atoms with E-state index in [4.69, 9.17) is 5.41 Å². The van der Waals surface area contributed by atoms with Crippen LogP contribution >= 0.6 is 0 Å². The van der Waals surface area contributed by atoms with Crippen molar-refractivity contribution in [3.05, 3.63) is 0 Å². The zero-order valence-corrected chi connectivity index (χ0v) is 5.68. The fourth-order valence-electron chi connectivity index (χ4n) is 0.240. The molecule has 0 aliphatic carbocycles. The van der Waals surface area contributed by atoms with Crippen LogP contribution in [0.4, 0.5) is 0 Å². The number of thiol groups is 1. The standard InChI is InChI=1S/C3H7N3O2S/c1-5-6-3(2-4)9(7)8/h2,4-5,9H,1H3/b4-2?,6-3+. The number of hydrazone groups is 1. The summed E-state index contributed by atoms with van der Waals surface area (Å²) in [6.45, 7) is 0. The molecule has 0 rings (SSSR count). The molecular weight excluding hydrogens is 142 g/mol. The summed E-state index contributed by atoms with van der Waals surface area (Å²) in [5.41, 5.74) is 2.25. The Labute approximate surface area is 54.2 Å².